The van der Waals surface area contributed by atoms with Crippen LogP contribution in [0.5, 0.6) is 11.5 Å². The van der Waals surface area contributed by atoms with Gasteiger partial charge in [-0.1, -0.05) is 41.4 Å². The number of carbonyl (C=O) groups excluding carboxylic acids is 2. The smallest absolute Gasteiger partial charge is 0.290 e. The second-order valence-corrected chi connectivity index (χ2v) is 7.08. The van der Waals surface area contributed by atoms with Crippen molar-refractivity contribution in [3.8, 4) is 11.5 Å². The van der Waals surface area contributed by atoms with Gasteiger partial charge < -0.3 is 9.47 Å². The second-order valence-electron chi connectivity index (χ2n) is 5.66. The Balaban J connectivity index is 1.83. The monoisotopic (exact) mass is 389 g/mol. The molecule has 0 aromatic heterocycles. The lowest BCUT2D eigenvalue weighted by molar-refractivity contribution is -0.115. The van der Waals surface area contributed by atoms with E-state index in [1.54, 1.807) is 18.2 Å². The fourth-order valence-corrected chi connectivity index (χ4v) is 3.33. The molecule has 7 heteroatoms. The first-order valence-corrected chi connectivity index (χ1v) is 8.96. The molecule has 1 heterocycles. The van der Waals surface area contributed by atoms with Gasteiger partial charge in [-0.15, -0.1) is 0 Å². The Labute approximate surface area is 160 Å². The average molecular weight is 390 g/mol. The molecular formula is C19H16ClNO4S. The Morgan fingerprint density at radius 1 is 1.19 bits per heavy atom. The van der Waals surface area contributed by atoms with E-state index in [9.17, 15) is 9.59 Å². The standard InChI is InChI=1S/C19H16ClNO4S/c1-11-3-5-12(6-4-11)10-25-17-14(20)7-13(8-15(17)24-2)9-16-18(22)21-19(23)26-16/h3-9H,10H2,1-2H3,(H,21,22,23)/b16-9-. The summed E-state index contributed by atoms with van der Waals surface area (Å²) in [6.45, 7) is 2.37. The Hall–Kier alpha value is -2.44. The van der Waals surface area contributed by atoms with E-state index in [1.807, 2.05) is 31.2 Å². The molecule has 1 aliphatic rings. The van der Waals surface area contributed by atoms with Gasteiger partial charge in [-0.25, -0.2) is 0 Å². The normalized spacial score (nSPS) is 15.3. The summed E-state index contributed by atoms with van der Waals surface area (Å²) in [7, 11) is 1.52. The number of hydrogen-bond acceptors (Lipinski definition) is 5. The molecule has 134 valence electrons. The van der Waals surface area contributed by atoms with Crippen molar-refractivity contribution in [3.05, 3.63) is 63.0 Å². The van der Waals surface area contributed by atoms with Crippen molar-refractivity contribution in [1.29, 1.82) is 0 Å². The number of aryl methyl sites for hydroxylation is 1. The van der Waals surface area contributed by atoms with Crippen LogP contribution in [0.25, 0.3) is 6.08 Å². The van der Waals surface area contributed by atoms with E-state index in [-0.39, 0.29) is 0 Å². The van der Waals surface area contributed by atoms with Crippen LogP contribution in [0.15, 0.2) is 41.3 Å². The lowest BCUT2D eigenvalue weighted by Gasteiger charge is -2.13. The van der Waals surface area contributed by atoms with E-state index in [4.69, 9.17) is 21.1 Å². The number of amides is 2. The fourth-order valence-electron chi connectivity index (χ4n) is 2.38. The summed E-state index contributed by atoms with van der Waals surface area (Å²) in [5.41, 5.74) is 2.83. The minimum absolute atomic E-state index is 0.307. The van der Waals surface area contributed by atoms with E-state index in [0.717, 1.165) is 17.3 Å². The van der Waals surface area contributed by atoms with Crippen molar-refractivity contribution in [2.75, 3.05) is 7.11 Å². The Kier molecular flexibility index (Phi) is 5.54. The lowest BCUT2D eigenvalue weighted by Crippen LogP contribution is -2.17. The van der Waals surface area contributed by atoms with Gasteiger partial charge in [0, 0.05) is 0 Å². The number of thioether (sulfide) groups is 1. The van der Waals surface area contributed by atoms with Crippen LogP contribution >= 0.6 is 23.4 Å². The molecule has 1 aliphatic heterocycles. The Morgan fingerprint density at radius 3 is 2.54 bits per heavy atom. The molecule has 0 atom stereocenters. The molecule has 3 rings (SSSR count). The summed E-state index contributed by atoms with van der Waals surface area (Å²) in [5.74, 6) is 0.456. The van der Waals surface area contributed by atoms with Crippen molar-refractivity contribution in [3.63, 3.8) is 0 Å². The molecular weight excluding hydrogens is 374 g/mol. The minimum atomic E-state index is -0.421. The zero-order chi connectivity index (χ0) is 18.7. The highest BCUT2D eigenvalue weighted by Gasteiger charge is 2.25. The molecule has 2 amide bonds. The van der Waals surface area contributed by atoms with Crippen molar-refractivity contribution in [2.24, 2.45) is 0 Å². The summed E-state index contributed by atoms with van der Waals surface area (Å²) >= 11 is 7.19. The summed E-state index contributed by atoms with van der Waals surface area (Å²) < 4.78 is 11.2. The van der Waals surface area contributed by atoms with E-state index >= 15 is 0 Å². The van der Waals surface area contributed by atoms with Crippen molar-refractivity contribution >= 4 is 40.6 Å². The van der Waals surface area contributed by atoms with E-state index in [0.29, 0.717) is 33.6 Å². The molecule has 0 saturated carbocycles. The maximum atomic E-state index is 11.7. The summed E-state index contributed by atoms with van der Waals surface area (Å²) in [4.78, 5) is 23.2. The number of methoxy groups -OCH3 is 1. The molecule has 1 fully saturated rings. The fraction of sp³-hybridized carbons (Fsp3) is 0.158. The summed E-state index contributed by atoms with van der Waals surface area (Å²) in [6, 6.07) is 11.4. The van der Waals surface area contributed by atoms with Crippen LogP contribution in [0.1, 0.15) is 16.7 Å². The van der Waals surface area contributed by atoms with E-state index in [1.165, 1.54) is 12.7 Å². The van der Waals surface area contributed by atoms with Gasteiger partial charge in [0.15, 0.2) is 11.5 Å². The SMILES string of the molecule is COc1cc(/C=C2\SC(=O)NC2=O)cc(Cl)c1OCc1ccc(C)cc1. The zero-order valence-corrected chi connectivity index (χ0v) is 15.7. The van der Waals surface area contributed by atoms with Crippen LogP contribution < -0.4 is 14.8 Å². The van der Waals surface area contributed by atoms with Crippen LogP contribution in [-0.2, 0) is 11.4 Å². The zero-order valence-electron chi connectivity index (χ0n) is 14.2. The Bertz CT molecular complexity index is 893. The number of carbonyl (C=O) groups is 2. The number of imide groups is 1. The van der Waals surface area contributed by atoms with E-state index < -0.39 is 11.1 Å². The first-order chi connectivity index (χ1) is 12.5. The largest absolute Gasteiger partial charge is 0.493 e. The van der Waals surface area contributed by atoms with Crippen molar-refractivity contribution < 1.29 is 19.1 Å². The molecule has 2 aromatic rings. The van der Waals surface area contributed by atoms with Crippen LogP contribution in [0, 0.1) is 6.92 Å². The molecule has 0 radical (unpaired) electrons. The maximum Gasteiger partial charge on any atom is 0.290 e. The summed E-state index contributed by atoms with van der Waals surface area (Å²) in [6.07, 6.45) is 1.59. The molecule has 0 bridgehead atoms. The molecule has 1 N–H and O–H groups in total. The van der Waals surface area contributed by atoms with Gasteiger partial charge in [0.05, 0.1) is 17.0 Å². The van der Waals surface area contributed by atoms with Crippen LogP contribution in [0.2, 0.25) is 5.02 Å². The number of nitrogens with one attached hydrogen (secondary N) is 1. The highest BCUT2D eigenvalue weighted by Crippen LogP contribution is 2.38. The minimum Gasteiger partial charge on any atom is -0.493 e. The molecule has 0 unspecified atom stereocenters. The molecule has 0 aliphatic carbocycles. The maximum absolute atomic E-state index is 11.7. The molecule has 5 nitrogen and oxygen atoms in total. The topological polar surface area (TPSA) is 64.6 Å². The van der Waals surface area contributed by atoms with Crippen molar-refractivity contribution in [2.45, 2.75) is 13.5 Å². The predicted octanol–water partition coefficient (Wildman–Crippen LogP) is 4.56. The molecule has 0 spiro atoms. The van der Waals surface area contributed by atoms with Gasteiger partial charge >= 0.3 is 0 Å². The third kappa shape index (κ3) is 4.20. The van der Waals surface area contributed by atoms with E-state index in [2.05, 4.69) is 5.32 Å². The number of ether oxygens (including phenoxy) is 2. The van der Waals surface area contributed by atoms with Gasteiger partial charge in [-0.2, -0.15) is 0 Å². The number of benzene rings is 2. The average Bonchev–Trinajstić information content (AvgIpc) is 2.92. The predicted molar refractivity (Wildman–Crippen MR) is 103 cm³/mol. The summed E-state index contributed by atoms with van der Waals surface area (Å²) in [5, 5.41) is 2.18. The van der Waals surface area contributed by atoms with Gasteiger partial charge in [-0.3, -0.25) is 14.9 Å². The van der Waals surface area contributed by atoms with Gasteiger partial charge in [0.1, 0.15) is 6.61 Å². The number of hydrogen-bond donors (Lipinski definition) is 1. The van der Waals surface area contributed by atoms with Crippen LogP contribution in [0.4, 0.5) is 4.79 Å². The van der Waals surface area contributed by atoms with Crippen molar-refractivity contribution in [1.82, 2.24) is 5.32 Å². The second kappa shape index (κ2) is 7.85. The molecule has 2 aromatic carbocycles. The van der Waals surface area contributed by atoms with Gasteiger partial charge in [0.25, 0.3) is 11.1 Å². The molecule has 1 saturated heterocycles. The third-order valence-corrected chi connectivity index (χ3v) is 4.79. The highest BCUT2D eigenvalue weighted by molar-refractivity contribution is 8.18. The highest BCUT2D eigenvalue weighted by atomic mass is 35.5. The number of halogens is 1. The first-order valence-electron chi connectivity index (χ1n) is 7.77. The quantitative estimate of drug-likeness (QED) is 0.759. The molecule has 26 heavy (non-hydrogen) atoms. The van der Waals surface area contributed by atoms with Gasteiger partial charge in [-0.05, 0) is 48.0 Å². The Morgan fingerprint density at radius 2 is 1.92 bits per heavy atom. The van der Waals surface area contributed by atoms with Crippen LogP contribution in [-0.4, -0.2) is 18.3 Å². The third-order valence-electron chi connectivity index (χ3n) is 3.70. The first kappa shape index (κ1) is 18.4. The van der Waals surface area contributed by atoms with Crippen LogP contribution in [0.3, 0.4) is 0 Å². The lowest BCUT2D eigenvalue weighted by atomic mass is 10.1. The number of rotatable bonds is 5. The van der Waals surface area contributed by atoms with Gasteiger partial charge in [0.2, 0.25) is 0 Å².